The third-order valence-electron chi connectivity index (χ3n) is 3.41. The molecule has 0 aromatic heterocycles. The normalized spacial score (nSPS) is 17.7. The standard InChI is InChI=1S/C15H24N2O3/c1-19-14-5-7-15(8-6-14)20-12-13(18)11-16-17-9-3-2-4-10-17/h5-8,13,16,18H,2-4,9-12H2,1H3. The Balaban J connectivity index is 1.64. The Labute approximate surface area is 120 Å². The summed E-state index contributed by atoms with van der Waals surface area (Å²) in [6.07, 6.45) is 3.25. The predicted octanol–water partition coefficient (Wildman–Crippen LogP) is 1.43. The molecular weight excluding hydrogens is 256 g/mol. The Morgan fingerprint density at radius 2 is 1.80 bits per heavy atom. The highest BCUT2D eigenvalue weighted by Gasteiger charge is 2.12. The molecule has 1 fully saturated rings. The van der Waals surface area contributed by atoms with Gasteiger partial charge in [0.05, 0.1) is 7.11 Å². The Bertz CT molecular complexity index is 377. The van der Waals surface area contributed by atoms with Crippen LogP contribution in [0.3, 0.4) is 0 Å². The van der Waals surface area contributed by atoms with Crippen LogP contribution in [0, 0.1) is 0 Å². The summed E-state index contributed by atoms with van der Waals surface area (Å²) >= 11 is 0. The van der Waals surface area contributed by atoms with Crippen LogP contribution in [0.2, 0.25) is 0 Å². The van der Waals surface area contributed by atoms with Crippen molar-refractivity contribution in [2.24, 2.45) is 0 Å². The molecule has 0 spiro atoms. The number of piperidine rings is 1. The first-order valence-corrected chi connectivity index (χ1v) is 7.21. The van der Waals surface area contributed by atoms with Gasteiger partial charge in [-0.1, -0.05) is 6.42 Å². The summed E-state index contributed by atoms with van der Waals surface area (Å²) in [4.78, 5) is 0. The molecule has 0 bridgehead atoms. The number of rotatable bonds is 7. The second-order valence-corrected chi connectivity index (χ2v) is 5.05. The zero-order chi connectivity index (χ0) is 14.2. The molecule has 0 radical (unpaired) electrons. The molecule has 0 saturated carbocycles. The molecule has 1 aromatic rings. The second-order valence-electron chi connectivity index (χ2n) is 5.05. The maximum atomic E-state index is 9.90. The number of hydrogen-bond acceptors (Lipinski definition) is 5. The van der Waals surface area contributed by atoms with Gasteiger partial charge < -0.3 is 14.6 Å². The number of ether oxygens (including phenoxy) is 2. The smallest absolute Gasteiger partial charge is 0.119 e. The van der Waals surface area contributed by atoms with Crippen LogP contribution < -0.4 is 14.9 Å². The number of nitrogens with zero attached hydrogens (tertiary/aromatic N) is 1. The van der Waals surface area contributed by atoms with Gasteiger partial charge in [0.2, 0.25) is 0 Å². The SMILES string of the molecule is COc1ccc(OCC(O)CNN2CCCCC2)cc1. The summed E-state index contributed by atoms with van der Waals surface area (Å²) < 4.78 is 10.6. The molecule has 1 aromatic carbocycles. The van der Waals surface area contributed by atoms with Crippen LogP contribution in [0.5, 0.6) is 11.5 Å². The van der Waals surface area contributed by atoms with Gasteiger partial charge in [-0.15, -0.1) is 0 Å². The van der Waals surface area contributed by atoms with E-state index in [2.05, 4.69) is 10.4 Å². The van der Waals surface area contributed by atoms with Crippen LogP contribution in [-0.4, -0.2) is 49.6 Å². The first kappa shape index (κ1) is 15.1. The molecule has 1 unspecified atom stereocenters. The monoisotopic (exact) mass is 280 g/mol. The molecule has 5 heteroatoms. The number of benzene rings is 1. The molecule has 5 nitrogen and oxygen atoms in total. The largest absolute Gasteiger partial charge is 0.497 e. The van der Waals surface area contributed by atoms with Gasteiger partial charge in [0.1, 0.15) is 24.2 Å². The maximum absolute atomic E-state index is 9.90. The summed E-state index contributed by atoms with van der Waals surface area (Å²) in [6.45, 7) is 2.93. The van der Waals surface area contributed by atoms with Crippen LogP contribution in [0.15, 0.2) is 24.3 Å². The van der Waals surface area contributed by atoms with Gasteiger partial charge in [0.25, 0.3) is 0 Å². The lowest BCUT2D eigenvalue weighted by atomic mass is 10.2. The number of methoxy groups -OCH3 is 1. The molecule has 1 aliphatic heterocycles. The molecule has 1 atom stereocenters. The van der Waals surface area contributed by atoms with Crippen molar-refractivity contribution in [1.82, 2.24) is 10.4 Å². The molecule has 0 amide bonds. The summed E-state index contributed by atoms with van der Waals surface area (Å²) in [5.41, 5.74) is 3.26. The lowest BCUT2D eigenvalue weighted by Gasteiger charge is -2.28. The van der Waals surface area contributed by atoms with Crippen LogP contribution in [0.1, 0.15) is 19.3 Å². The number of aliphatic hydroxyl groups excluding tert-OH is 1. The van der Waals surface area contributed by atoms with Crippen molar-refractivity contribution in [2.45, 2.75) is 25.4 Å². The van der Waals surface area contributed by atoms with Gasteiger partial charge >= 0.3 is 0 Å². The fourth-order valence-corrected chi connectivity index (χ4v) is 2.21. The van der Waals surface area contributed by atoms with Gasteiger partial charge in [0, 0.05) is 19.6 Å². The van der Waals surface area contributed by atoms with Gasteiger partial charge in [-0.25, -0.2) is 5.01 Å². The van der Waals surface area contributed by atoms with Crippen LogP contribution in [0.25, 0.3) is 0 Å². The molecule has 1 saturated heterocycles. The topological polar surface area (TPSA) is 54.0 Å². The summed E-state index contributed by atoms with van der Waals surface area (Å²) in [6, 6.07) is 7.36. The van der Waals surface area contributed by atoms with E-state index in [-0.39, 0.29) is 6.61 Å². The quantitative estimate of drug-likeness (QED) is 0.791. The van der Waals surface area contributed by atoms with Crippen molar-refractivity contribution < 1.29 is 14.6 Å². The molecule has 112 valence electrons. The van der Waals surface area contributed by atoms with E-state index in [0.717, 1.165) is 24.6 Å². The van der Waals surface area contributed by atoms with Gasteiger partial charge in [-0.05, 0) is 37.1 Å². The highest BCUT2D eigenvalue weighted by atomic mass is 16.5. The predicted molar refractivity (Wildman–Crippen MR) is 77.9 cm³/mol. The zero-order valence-electron chi connectivity index (χ0n) is 12.0. The van der Waals surface area contributed by atoms with Crippen molar-refractivity contribution in [2.75, 3.05) is 33.4 Å². The molecule has 1 aliphatic rings. The third-order valence-corrected chi connectivity index (χ3v) is 3.41. The lowest BCUT2D eigenvalue weighted by molar-refractivity contribution is 0.0684. The number of hydrogen-bond donors (Lipinski definition) is 2. The third kappa shape index (κ3) is 5.00. The second kappa shape index (κ2) is 8.09. The Morgan fingerprint density at radius 1 is 1.15 bits per heavy atom. The van der Waals surface area contributed by atoms with Crippen molar-refractivity contribution >= 4 is 0 Å². The highest BCUT2D eigenvalue weighted by molar-refractivity contribution is 5.31. The van der Waals surface area contributed by atoms with E-state index < -0.39 is 6.10 Å². The zero-order valence-corrected chi connectivity index (χ0v) is 12.0. The van der Waals surface area contributed by atoms with Crippen molar-refractivity contribution in [1.29, 1.82) is 0 Å². The van der Waals surface area contributed by atoms with E-state index in [1.54, 1.807) is 7.11 Å². The van der Waals surface area contributed by atoms with E-state index in [0.29, 0.717) is 6.54 Å². The van der Waals surface area contributed by atoms with E-state index >= 15 is 0 Å². The minimum Gasteiger partial charge on any atom is -0.497 e. The molecular formula is C15H24N2O3. The molecule has 1 heterocycles. The number of aliphatic hydroxyl groups is 1. The van der Waals surface area contributed by atoms with Crippen molar-refractivity contribution in [3.8, 4) is 11.5 Å². The Hall–Kier alpha value is -1.30. The maximum Gasteiger partial charge on any atom is 0.119 e. The first-order valence-electron chi connectivity index (χ1n) is 7.21. The Kier molecular flexibility index (Phi) is 6.11. The van der Waals surface area contributed by atoms with E-state index in [9.17, 15) is 5.11 Å². The van der Waals surface area contributed by atoms with Gasteiger partial charge in [0.15, 0.2) is 0 Å². The Morgan fingerprint density at radius 3 is 2.45 bits per heavy atom. The highest BCUT2D eigenvalue weighted by Crippen LogP contribution is 2.17. The minimum absolute atomic E-state index is 0.285. The number of nitrogens with one attached hydrogen (secondary N) is 1. The molecule has 20 heavy (non-hydrogen) atoms. The van der Waals surface area contributed by atoms with Gasteiger partial charge in [-0.2, -0.15) is 0 Å². The summed E-state index contributed by atoms with van der Waals surface area (Å²) in [5.74, 6) is 1.53. The average Bonchev–Trinajstić information content (AvgIpc) is 2.52. The van der Waals surface area contributed by atoms with E-state index in [4.69, 9.17) is 9.47 Å². The van der Waals surface area contributed by atoms with Crippen LogP contribution in [0.4, 0.5) is 0 Å². The summed E-state index contributed by atoms with van der Waals surface area (Å²) in [5, 5.41) is 12.1. The van der Waals surface area contributed by atoms with Gasteiger partial charge in [-0.3, -0.25) is 5.43 Å². The van der Waals surface area contributed by atoms with Crippen molar-refractivity contribution in [3.05, 3.63) is 24.3 Å². The van der Waals surface area contributed by atoms with E-state index in [1.807, 2.05) is 24.3 Å². The van der Waals surface area contributed by atoms with Crippen molar-refractivity contribution in [3.63, 3.8) is 0 Å². The minimum atomic E-state index is -0.515. The fourth-order valence-electron chi connectivity index (χ4n) is 2.21. The van der Waals surface area contributed by atoms with Crippen LogP contribution >= 0.6 is 0 Å². The average molecular weight is 280 g/mol. The molecule has 2 N–H and O–H groups in total. The lowest BCUT2D eigenvalue weighted by Crippen LogP contribution is -2.46. The molecule has 2 rings (SSSR count). The first-order chi connectivity index (χ1) is 9.78. The number of hydrazine groups is 1. The fraction of sp³-hybridized carbons (Fsp3) is 0.600. The van der Waals surface area contributed by atoms with E-state index in [1.165, 1.54) is 19.3 Å². The summed E-state index contributed by atoms with van der Waals surface area (Å²) in [7, 11) is 1.63. The van der Waals surface area contributed by atoms with Crippen LogP contribution in [-0.2, 0) is 0 Å². The molecule has 0 aliphatic carbocycles.